The highest BCUT2D eigenvalue weighted by Gasteiger charge is 2.16. The summed E-state index contributed by atoms with van der Waals surface area (Å²) in [5.74, 6) is 1.38. The molecule has 156 valence electrons. The van der Waals surface area contributed by atoms with Crippen molar-refractivity contribution in [2.24, 2.45) is 0 Å². The number of morpholine rings is 1. The van der Waals surface area contributed by atoms with E-state index in [1.807, 2.05) is 77.7 Å². The monoisotopic (exact) mass is 413 g/mol. The van der Waals surface area contributed by atoms with Gasteiger partial charge in [-0.3, -0.25) is 4.79 Å². The average molecular weight is 413 g/mol. The summed E-state index contributed by atoms with van der Waals surface area (Å²) in [5, 5.41) is 0.573. The summed E-state index contributed by atoms with van der Waals surface area (Å²) in [6.45, 7) is 3.18. The predicted molar refractivity (Wildman–Crippen MR) is 122 cm³/mol. The Balaban J connectivity index is 1.49. The summed E-state index contributed by atoms with van der Waals surface area (Å²) in [6, 6.07) is 25.3. The Morgan fingerprint density at radius 2 is 1.65 bits per heavy atom. The molecule has 31 heavy (non-hydrogen) atoms. The summed E-state index contributed by atoms with van der Waals surface area (Å²) in [5.41, 5.74) is 3.54. The van der Waals surface area contributed by atoms with Gasteiger partial charge in [-0.1, -0.05) is 54.6 Å². The summed E-state index contributed by atoms with van der Waals surface area (Å²) >= 11 is 0. The number of rotatable bonds is 5. The average Bonchev–Trinajstić information content (AvgIpc) is 2.84. The van der Waals surface area contributed by atoms with Crippen molar-refractivity contribution < 1.29 is 13.9 Å². The Labute approximate surface area is 180 Å². The Morgan fingerprint density at radius 3 is 2.48 bits per heavy atom. The molecule has 3 aromatic carbocycles. The molecule has 1 aliphatic rings. The van der Waals surface area contributed by atoms with E-state index >= 15 is 0 Å². The molecule has 0 atom stereocenters. The zero-order valence-electron chi connectivity index (χ0n) is 17.1. The van der Waals surface area contributed by atoms with Gasteiger partial charge in [-0.15, -0.1) is 0 Å². The highest BCUT2D eigenvalue weighted by molar-refractivity contribution is 5.84. The topological polar surface area (TPSA) is 51.9 Å². The molecule has 2 heterocycles. The second-order valence-electron chi connectivity index (χ2n) is 7.53. The van der Waals surface area contributed by atoms with E-state index in [0.717, 1.165) is 22.4 Å². The van der Waals surface area contributed by atoms with Gasteiger partial charge in [-0.25, -0.2) is 0 Å². The van der Waals surface area contributed by atoms with Crippen molar-refractivity contribution in [2.45, 2.75) is 6.61 Å². The Bertz CT molecular complexity index is 1240. The summed E-state index contributed by atoms with van der Waals surface area (Å²) in [6.07, 6.45) is 0. The normalized spacial score (nSPS) is 14.0. The predicted octanol–water partition coefficient (Wildman–Crippen LogP) is 4.88. The molecule has 0 spiro atoms. The fourth-order valence-corrected chi connectivity index (χ4v) is 3.82. The van der Waals surface area contributed by atoms with Crippen LogP contribution in [0.4, 0.5) is 5.88 Å². The van der Waals surface area contributed by atoms with Crippen LogP contribution in [0.5, 0.6) is 5.75 Å². The Morgan fingerprint density at radius 1 is 0.871 bits per heavy atom. The van der Waals surface area contributed by atoms with E-state index in [9.17, 15) is 4.79 Å². The Hall–Kier alpha value is -3.57. The maximum absolute atomic E-state index is 12.7. The quantitative estimate of drug-likeness (QED) is 0.467. The Kier molecular flexibility index (Phi) is 5.42. The molecule has 5 nitrogen and oxygen atoms in total. The number of fused-ring (bicyclic) bond motifs is 1. The van der Waals surface area contributed by atoms with Gasteiger partial charge in [0, 0.05) is 24.7 Å². The van der Waals surface area contributed by atoms with Gasteiger partial charge in [-0.2, -0.15) is 0 Å². The van der Waals surface area contributed by atoms with Crippen LogP contribution in [0, 0.1) is 0 Å². The first kappa shape index (κ1) is 19.4. The van der Waals surface area contributed by atoms with Gasteiger partial charge in [-0.05, 0) is 29.3 Å². The van der Waals surface area contributed by atoms with Gasteiger partial charge in [0.2, 0.25) is 0 Å². The number of benzene rings is 3. The summed E-state index contributed by atoms with van der Waals surface area (Å²) in [7, 11) is 0. The van der Waals surface area contributed by atoms with Crippen LogP contribution in [0.1, 0.15) is 5.56 Å². The number of hydrogen-bond acceptors (Lipinski definition) is 5. The SMILES string of the molecule is O=c1cc(N2CCOCC2)oc2cc(-c3ccccc3OCc3ccccc3)ccc12. The maximum Gasteiger partial charge on any atom is 0.200 e. The fourth-order valence-electron chi connectivity index (χ4n) is 3.82. The molecule has 0 aliphatic carbocycles. The van der Waals surface area contributed by atoms with E-state index in [2.05, 4.69) is 0 Å². The van der Waals surface area contributed by atoms with Crippen molar-refractivity contribution in [2.75, 3.05) is 31.2 Å². The van der Waals surface area contributed by atoms with Crippen LogP contribution < -0.4 is 15.1 Å². The molecule has 0 unspecified atom stereocenters. The minimum atomic E-state index is -0.0390. The van der Waals surface area contributed by atoms with Crippen LogP contribution in [-0.2, 0) is 11.3 Å². The smallest absolute Gasteiger partial charge is 0.200 e. The molecule has 1 aromatic heterocycles. The third-order valence-electron chi connectivity index (χ3n) is 5.47. The van der Waals surface area contributed by atoms with Crippen LogP contribution in [-0.4, -0.2) is 26.3 Å². The van der Waals surface area contributed by atoms with Gasteiger partial charge in [0.1, 0.15) is 17.9 Å². The van der Waals surface area contributed by atoms with Crippen molar-refractivity contribution in [1.82, 2.24) is 0 Å². The molecule has 5 heteroatoms. The third-order valence-corrected chi connectivity index (χ3v) is 5.47. The van der Waals surface area contributed by atoms with E-state index in [1.165, 1.54) is 0 Å². The van der Waals surface area contributed by atoms with Crippen molar-refractivity contribution in [3.05, 3.63) is 94.6 Å². The molecular formula is C26H23NO4. The minimum absolute atomic E-state index is 0.0390. The summed E-state index contributed by atoms with van der Waals surface area (Å²) < 4.78 is 17.7. The van der Waals surface area contributed by atoms with Crippen LogP contribution in [0.2, 0.25) is 0 Å². The van der Waals surface area contributed by atoms with Crippen molar-refractivity contribution in [3.8, 4) is 16.9 Å². The van der Waals surface area contributed by atoms with E-state index in [0.29, 0.717) is 49.8 Å². The van der Waals surface area contributed by atoms with Crippen LogP contribution in [0.3, 0.4) is 0 Å². The van der Waals surface area contributed by atoms with Crippen molar-refractivity contribution in [1.29, 1.82) is 0 Å². The molecule has 0 radical (unpaired) electrons. The molecule has 0 saturated carbocycles. The maximum atomic E-state index is 12.7. The third kappa shape index (κ3) is 4.18. The van der Waals surface area contributed by atoms with Gasteiger partial charge in [0.05, 0.1) is 18.6 Å². The van der Waals surface area contributed by atoms with Crippen LogP contribution in [0.15, 0.2) is 88.1 Å². The van der Waals surface area contributed by atoms with Gasteiger partial charge < -0.3 is 18.8 Å². The standard InChI is InChI=1S/C26H23NO4/c28-23-17-26(27-12-14-29-15-13-27)31-25-16-20(10-11-22(23)25)21-8-4-5-9-24(21)30-18-19-6-2-1-3-7-19/h1-11,16-17H,12-15,18H2. The van der Waals surface area contributed by atoms with E-state index in [4.69, 9.17) is 13.9 Å². The second-order valence-corrected chi connectivity index (χ2v) is 7.53. The van der Waals surface area contributed by atoms with Gasteiger partial charge in [0.15, 0.2) is 11.3 Å². The minimum Gasteiger partial charge on any atom is -0.488 e. The lowest BCUT2D eigenvalue weighted by molar-refractivity contribution is 0.121. The molecule has 0 amide bonds. The first-order valence-electron chi connectivity index (χ1n) is 10.4. The number of ether oxygens (including phenoxy) is 2. The zero-order valence-corrected chi connectivity index (χ0v) is 17.1. The second kappa shape index (κ2) is 8.66. The van der Waals surface area contributed by atoms with Gasteiger partial charge in [0.25, 0.3) is 0 Å². The van der Waals surface area contributed by atoms with Crippen LogP contribution in [0.25, 0.3) is 22.1 Å². The fraction of sp³-hybridized carbons (Fsp3) is 0.192. The van der Waals surface area contributed by atoms with Gasteiger partial charge >= 0.3 is 0 Å². The first-order valence-corrected chi connectivity index (χ1v) is 10.4. The molecule has 4 aromatic rings. The van der Waals surface area contributed by atoms with E-state index in [-0.39, 0.29) is 5.43 Å². The number of para-hydroxylation sites is 1. The molecule has 1 saturated heterocycles. The number of hydrogen-bond donors (Lipinski definition) is 0. The lowest BCUT2D eigenvalue weighted by Gasteiger charge is -2.27. The molecule has 0 bridgehead atoms. The van der Waals surface area contributed by atoms with E-state index < -0.39 is 0 Å². The largest absolute Gasteiger partial charge is 0.488 e. The number of anilines is 1. The molecule has 1 aliphatic heterocycles. The summed E-state index contributed by atoms with van der Waals surface area (Å²) in [4.78, 5) is 14.7. The van der Waals surface area contributed by atoms with Crippen molar-refractivity contribution in [3.63, 3.8) is 0 Å². The highest BCUT2D eigenvalue weighted by Crippen LogP contribution is 2.32. The lowest BCUT2D eigenvalue weighted by atomic mass is 10.0. The lowest BCUT2D eigenvalue weighted by Crippen LogP contribution is -2.36. The molecule has 1 fully saturated rings. The molecule has 0 N–H and O–H groups in total. The van der Waals surface area contributed by atoms with E-state index in [1.54, 1.807) is 6.07 Å². The van der Waals surface area contributed by atoms with Crippen molar-refractivity contribution >= 4 is 16.9 Å². The molecule has 5 rings (SSSR count). The highest BCUT2D eigenvalue weighted by atomic mass is 16.5. The zero-order chi connectivity index (χ0) is 21.0. The number of nitrogens with zero attached hydrogens (tertiary/aromatic N) is 1. The molecular weight excluding hydrogens is 390 g/mol. The van der Waals surface area contributed by atoms with Crippen LogP contribution >= 0.6 is 0 Å². The first-order chi connectivity index (χ1) is 15.3.